The molecule has 0 aliphatic carbocycles. The molecule has 1 aliphatic heterocycles. The third-order valence-corrected chi connectivity index (χ3v) is 3.82. The summed E-state index contributed by atoms with van der Waals surface area (Å²) >= 11 is 0. The van der Waals surface area contributed by atoms with Crippen molar-refractivity contribution in [1.82, 2.24) is 10.2 Å². The summed E-state index contributed by atoms with van der Waals surface area (Å²) in [5, 5.41) is 3.62. The van der Waals surface area contributed by atoms with Gasteiger partial charge in [-0.2, -0.15) is 0 Å². The van der Waals surface area contributed by atoms with E-state index >= 15 is 0 Å². The second-order valence-electron chi connectivity index (χ2n) is 6.53. The van der Waals surface area contributed by atoms with Crippen molar-refractivity contribution in [3.63, 3.8) is 0 Å². The van der Waals surface area contributed by atoms with Crippen LogP contribution in [0, 0.1) is 5.41 Å². The van der Waals surface area contributed by atoms with Crippen molar-refractivity contribution >= 4 is 0 Å². The summed E-state index contributed by atoms with van der Waals surface area (Å²) in [5.74, 6) is 0. The smallest absolute Gasteiger partial charge is 0.0272 e. The molecule has 0 amide bonds. The molecule has 0 aromatic rings. The molecule has 0 radical (unpaired) electrons. The molecule has 1 fully saturated rings. The van der Waals surface area contributed by atoms with Gasteiger partial charge >= 0.3 is 0 Å². The highest BCUT2D eigenvalue weighted by Crippen LogP contribution is 2.28. The molecule has 16 heavy (non-hydrogen) atoms. The Morgan fingerprint density at radius 3 is 2.50 bits per heavy atom. The maximum atomic E-state index is 3.62. The Hall–Kier alpha value is -0.0800. The first-order valence-corrected chi connectivity index (χ1v) is 6.85. The van der Waals surface area contributed by atoms with E-state index in [1.165, 1.54) is 19.4 Å². The molecule has 1 rings (SSSR count). The Morgan fingerprint density at radius 2 is 2.00 bits per heavy atom. The zero-order valence-electron chi connectivity index (χ0n) is 12.0. The highest BCUT2D eigenvalue weighted by molar-refractivity contribution is 4.93. The van der Waals surface area contributed by atoms with E-state index in [1.54, 1.807) is 0 Å². The summed E-state index contributed by atoms with van der Waals surface area (Å²) in [6.07, 6.45) is 2.61. The number of hydrogen-bond acceptors (Lipinski definition) is 2. The molecule has 1 aliphatic rings. The minimum absolute atomic E-state index is 0.370. The lowest BCUT2D eigenvalue weighted by Gasteiger charge is -2.48. The average Bonchev–Trinajstić information content (AvgIpc) is 2.16. The molecule has 2 nitrogen and oxygen atoms in total. The highest BCUT2D eigenvalue weighted by atomic mass is 15.3. The molecule has 2 heteroatoms. The van der Waals surface area contributed by atoms with E-state index < -0.39 is 0 Å². The van der Waals surface area contributed by atoms with E-state index in [0.717, 1.165) is 12.6 Å². The van der Waals surface area contributed by atoms with Crippen molar-refractivity contribution < 1.29 is 0 Å². The van der Waals surface area contributed by atoms with E-state index in [-0.39, 0.29) is 0 Å². The van der Waals surface area contributed by atoms with Crippen LogP contribution in [0.25, 0.3) is 0 Å². The Balaban J connectivity index is 2.72. The minimum Gasteiger partial charge on any atom is -0.311 e. The van der Waals surface area contributed by atoms with Gasteiger partial charge in [-0.05, 0) is 25.7 Å². The lowest BCUT2D eigenvalue weighted by molar-refractivity contribution is 0.0260. The van der Waals surface area contributed by atoms with Crippen LogP contribution in [-0.4, -0.2) is 36.1 Å². The zero-order chi connectivity index (χ0) is 12.3. The predicted molar refractivity (Wildman–Crippen MR) is 71.8 cm³/mol. The largest absolute Gasteiger partial charge is 0.311 e. The highest BCUT2D eigenvalue weighted by Gasteiger charge is 2.36. The fourth-order valence-electron chi connectivity index (χ4n) is 2.81. The average molecular weight is 226 g/mol. The molecule has 0 saturated carbocycles. The molecular formula is C14H30N2. The lowest BCUT2D eigenvalue weighted by Crippen LogP contribution is -2.62. The number of hydrogen-bond donors (Lipinski definition) is 1. The number of nitrogens with one attached hydrogen (secondary N) is 1. The fourth-order valence-corrected chi connectivity index (χ4v) is 2.81. The van der Waals surface area contributed by atoms with Gasteiger partial charge < -0.3 is 5.32 Å². The SMILES string of the molecule is CCCC(C)N1CC(C)NCC1C(C)(C)C. The number of nitrogens with zero attached hydrogens (tertiary/aromatic N) is 1. The molecule has 0 spiro atoms. The molecule has 96 valence electrons. The minimum atomic E-state index is 0.370. The number of piperazine rings is 1. The van der Waals surface area contributed by atoms with Crippen LogP contribution in [0.1, 0.15) is 54.4 Å². The van der Waals surface area contributed by atoms with Gasteiger partial charge in [0.2, 0.25) is 0 Å². The first-order chi connectivity index (χ1) is 7.36. The van der Waals surface area contributed by atoms with E-state index in [4.69, 9.17) is 0 Å². The molecule has 0 aromatic carbocycles. The van der Waals surface area contributed by atoms with Crippen molar-refractivity contribution in [2.24, 2.45) is 5.41 Å². The maximum absolute atomic E-state index is 3.62. The molecule has 0 aromatic heterocycles. The van der Waals surface area contributed by atoms with Gasteiger partial charge in [0, 0.05) is 31.2 Å². The van der Waals surface area contributed by atoms with Crippen molar-refractivity contribution in [2.45, 2.75) is 72.5 Å². The Morgan fingerprint density at radius 1 is 1.38 bits per heavy atom. The molecular weight excluding hydrogens is 196 g/mol. The Bertz CT molecular complexity index is 207. The number of rotatable bonds is 3. The van der Waals surface area contributed by atoms with E-state index in [2.05, 4.69) is 51.8 Å². The third-order valence-electron chi connectivity index (χ3n) is 3.82. The van der Waals surface area contributed by atoms with Crippen LogP contribution in [0.3, 0.4) is 0 Å². The Kier molecular flexibility index (Phi) is 4.81. The second-order valence-corrected chi connectivity index (χ2v) is 6.53. The van der Waals surface area contributed by atoms with Crippen LogP contribution in [0.15, 0.2) is 0 Å². The summed E-state index contributed by atoms with van der Waals surface area (Å²) in [4.78, 5) is 2.73. The molecule has 1 saturated heterocycles. The second kappa shape index (κ2) is 5.50. The molecule has 1 heterocycles. The monoisotopic (exact) mass is 226 g/mol. The molecule has 3 atom stereocenters. The summed E-state index contributed by atoms with van der Waals surface area (Å²) in [6.45, 7) is 16.4. The molecule has 0 bridgehead atoms. The van der Waals surface area contributed by atoms with Gasteiger partial charge in [-0.25, -0.2) is 0 Å². The van der Waals surface area contributed by atoms with Gasteiger partial charge in [-0.3, -0.25) is 4.90 Å². The third kappa shape index (κ3) is 3.46. The first-order valence-electron chi connectivity index (χ1n) is 6.85. The predicted octanol–water partition coefficient (Wildman–Crippen LogP) is 2.88. The first kappa shape index (κ1) is 14.0. The topological polar surface area (TPSA) is 15.3 Å². The van der Waals surface area contributed by atoms with E-state index in [9.17, 15) is 0 Å². The molecule has 1 N–H and O–H groups in total. The van der Waals surface area contributed by atoms with Crippen molar-refractivity contribution in [3.05, 3.63) is 0 Å². The fraction of sp³-hybridized carbons (Fsp3) is 1.00. The summed E-state index contributed by atoms with van der Waals surface area (Å²) in [5.41, 5.74) is 0.370. The van der Waals surface area contributed by atoms with Crippen molar-refractivity contribution in [1.29, 1.82) is 0 Å². The van der Waals surface area contributed by atoms with Crippen molar-refractivity contribution in [3.8, 4) is 0 Å². The lowest BCUT2D eigenvalue weighted by atomic mass is 9.83. The maximum Gasteiger partial charge on any atom is 0.0272 e. The van der Waals surface area contributed by atoms with Gasteiger partial charge in [0.15, 0.2) is 0 Å². The van der Waals surface area contributed by atoms with Crippen LogP contribution in [-0.2, 0) is 0 Å². The van der Waals surface area contributed by atoms with Gasteiger partial charge in [0.25, 0.3) is 0 Å². The zero-order valence-corrected chi connectivity index (χ0v) is 12.0. The van der Waals surface area contributed by atoms with Crippen LogP contribution in [0.5, 0.6) is 0 Å². The normalized spacial score (nSPS) is 30.4. The van der Waals surface area contributed by atoms with E-state index in [1.807, 2.05) is 0 Å². The summed E-state index contributed by atoms with van der Waals surface area (Å²) in [6, 6.07) is 2.03. The van der Waals surface area contributed by atoms with Gasteiger partial charge in [0.05, 0.1) is 0 Å². The van der Waals surface area contributed by atoms with Crippen LogP contribution in [0.4, 0.5) is 0 Å². The van der Waals surface area contributed by atoms with Crippen LogP contribution >= 0.6 is 0 Å². The van der Waals surface area contributed by atoms with Crippen LogP contribution < -0.4 is 5.32 Å². The van der Waals surface area contributed by atoms with E-state index in [0.29, 0.717) is 17.5 Å². The Labute approximate surface area is 102 Å². The summed E-state index contributed by atoms with van der Waals surface area (Å²) < 4.78 is 0. The van der Waals surface area contributed by atoms with Crippen molar-refractivity contribution in [2.75, 3.05) is 13.1 Å². The summed E-state index contributed by atoms with van der Waals surface area (Å²) in [7, 11) is 0. The van der Waals surface area contributed by atoms with Gasteiger partial charge in [0.1, 0.15) is 0 Å². The van der Waals surface area contributed by atoms with Gasteiger partial charge in [-0.15, -0.1) is 0 Å². The quantitative estimate of drug-likeness (QED) is 0.796. The van der Waals surface area contributed by atoms with Gasteiger partial charge in [-0.1, -0.05) is 34.1 Å². The standard InChI is InChI=1S/C14H30N2/c1-7-8-12(3)16-10-11(2)15-9-13(16)14(4,5)6/h11-13,15H,7-10H2,1-6H3. The molecule has 3 unspecified atom stereocenters. The van der Waals surface area contributed by atoms with Crippen LogP contribution in [0.2, 0.25) is 0 Å².